The fourth-order valence-electron chi connectivity index (χ4n) is 1.65. The smallest absolute Gasteiger partial charge is 0.410 e. The Bertz CT molecular complexity index is 291. The zero-order chi connectivity index (χ0) is 12.3. The highest BCUT2D eigenvalue weighted by molar-refractivity contribution is 5.68. The number of hydrogen-bond donors (Lipinski definition) is 1. The molecule has 0 radical (unpaired) electrons. The molecular weight excluding hydrogens is 206 g/mol. The van der Waals surface area contributed by atoms with Gasteiger partial charge in [0.25, 0.3) is 0 Å². The van der Waals surface area contributed by atoms with Gasteiger partial charge in [-0.25, -0.2) is 4.79 Å². The van der Waals surface area contributed by atoms with Gasteiger partial charge in [0.15, 0.2) is 0 Å². The number of ether oxygens (including phenoxy) is 1. The molecule has 92 valence electrons. The van der Waals surface area contributed by atoms with Crippen molar-refractivity contribution < 1.29 is 14.6 Å². The van der Waals surface area contributed by atoms with Crippen LogP contribution in [0.5, 0.6) is 0 Å². The van der Waals surface area contributed by atoms with E-state index in [1.807, 2.05) is 33.8 Å². The summed E-state index contributed by atoms with van der Waals surface area (Å²) in [5.41, 5.74) is 0.543. The standard InChI is InChI=1S/C12H21NO3/c1-9-7-13(6-5-10(9)8-14)11(15)16-12(2,3)4/h5,9,14H,6-8H2,1-4H3. The number of amides is 1. The van der Waals surface area contributed by atoms with Crippen molar-refractivity contribution in [1.29, 1.82) is 0 Å². The molecule has 0 spiro atoms. The molecule has 0 aliphatic carbocycles. The second kappa shape index (κ2) is 4.87. The van der Waals surface area contributed by atoms with Crippen molar-refractivity contribution in [3.63, 3.8) is 0 Å². The van der Waals surface area contributed by atoms with Crippen LogP contribution in [0.4, 0.5) is 4.79 Å². The molecule has 0 bridgehead atoms. The number of carbonyl (C=O) groups is 1. The summed E-state index contributed by atoms with van der Waals surface area (Å²) < 4.78 is 5.29. The number of hydrogen-bond acceptors (Lipinski definition) is 3. The lowest BCUT2D eigenvalue weighted by molar-refractivity contribution is 0.0240. The van der Waals surface area contributed by atoms with Gasteiger partial charge in [-0.2, -0.15) is 0 Å². The minimum absolute atomic E-state index is 0.0727. The number of nitrogens with zero attached hydrogens (tertiary/aromatic N) is 1. The van der Waals surface area contributed by atoms with Gasteiger partial charge < -0.3 is 14.7 Å². The van der Waals surface area contributed by atoms with E-state index in [0.717, 1.165) is 5.57 Å². The first-order valence-electron chi connectivity index (χ1n) is 5.61. The van der Waals surface area contributed by atoms with Crippen LogP contribution < -0.4 is 0 Å². The van der Waals surface area contributed by atoms with Gasteiger partial charge in [0, 0.05) is 13.1 Å². The number of aliphatic hydroxyl groups is 1. The summed E-state index contributed by atoms with van der Waals surface area (Å²) in [4.78, 5) is 13.4. The van der Waals surface area contributed by atoms with E-state index in [1.165, 1.54) is 0 Å². The summed E-state index contributed by atoms with van der Waals surface area (Å²) in [6.07, 6.45) is 1.62. The van der Waals surface area contributed by atoms with E-state index < -0.39 is 5.60 Å². The predicted molar refractivity (Wildman–Crippen MR) is 62.1 cm³/mol. The minimum atomic E-state index is -0.457. The van der Waals surface area contributed by atoms with Gasteiger partial charge >= 0.3 is 6.09 Å². The summed E-state index contributed by atoms with van der Waals surface area (Å²) in [5, 5.41) is 9.07. The van der Waals surface area contributed by atoms with Crippen LogP contribution in [0.25, 0.3) is 0 Å². The Balaban J connectivity index is 2.59. The molecule has 0 saturated carbocycles. The van der Waals surface area contributed by atoms with Crippen molar-refractivity contribution in [2.45, 2.75) is 33.3 Å². The van der Waals surface area contributed by atoms with Crippen LogP contribution in [0.15, 0.2) is 11.6 Å². The third-order valence-corrected chi connectivity index (χ3v) is 2.54. The highest BCUT2D eigenvalue weighted by Crippen LogP contribution is 2.19. The van der Waals surface area contributed by atoms with Crippen molar-refractivity contribution in [2.24, 2.45) is 5.92 Å². The van der Waals surface area contributed by atoms with E-state index in [-0.39, 0.29) is 18.6 Å². The first-order valence-corrected chi connectivity index (χ1v) is 5.61. The van der Waals surface area contributed by atoms with E-state index in [1.54, 1.807) is 4.90 Å². The lowest BCUT2D eigenvalue weighted by atomic mass is 9.98. The molecule has 1 N–H and O–H groups in total. The predicted octanol–water partition coefficient (Wildman–Crippen LogP) is 1.79. The van der Waals surface area contributed by atoms with E-state index in [2.05, 4.69) is 0 Å². The van der Waals surface area contributed by atoms with Crippen molar-refractivity contribution in [3.8, 4) is 0 Å². The van der Waals surface area contributed by atoms with Gasteiger partial charge in [0.1, 0.15) is 5.60 Å². The van der Waals surface area contributed by atoms with E-state index in [9.17, 15) is 4.79 Å². The van der Waals surface area contributed by atoms with Crippen molar-refractivity contribution in [3.05, 3.63) is 11.6 Å². The summed E-state index contributed by atoms with van der Waals surface area (Å²) >= 11 is 0. The Morgan fingerprint density at radius 3 is 2.69 bits per heavy atom. The average Bonchev–Trinajstić information content (AvgIpc) is 2.15. The van der Waals surface area contributed by atoms with Crippen LogP contribution in [0.1, 0.15) is 27.7 Å². The Morgan fingerprint density at radius 2 is 2.25 bits per heavy atom. The molecule has 1 aliphatic rings. The van der Waals surface area contributed by atoms with Gasteiger partial charge in [-0.05, 0) is 32.3 Å². The maximum atomic E-state index is 11.8. The molecule has 1 rings (SSSR count). The molecule has 1 amide bonds. The molecule has 0 saturated heterocycles. The zero-order valence-electron chi connectivity index (χ0n) is 10.5. The van der Waals surface area contributed by atoms with Gasteiger partial charge in [0.2, 0.25) is 0 Å². The van der Waals surface area contributed by atoms with Gasteiger partial charge in [0.05, 0.1) is 6.61 Å². The quantitative estimate of drug-likeness (QED) is 0.695. The molecule has 4 nitrogen and oxygen atoms in total. The summed E-state index contributed by atoms with van der Waals surface area (Å²) in [5.74, 6) is 0.200. The van der Waals surface area contributed by atoms with Gasteiger partial charge in [-0.3, -0.25) is 0 Å². The molecule has 1 aliphatic heterocycles. The molecule has 16 heavy (non-hydrogen) atoms. The van der Waals surface area contributed by atoms with E-state index in [4.69, 9.17) is 9.84 Å². The average molecular weight is 227 g/mol. The van der Waals surface area contributed by atoms with Crippen LogP contribution in [-0.2, 0) is 4.74 Å². The van der Waals surface area contributed by atoms with Crippen LogP contribution in [0, 0.1) is 5.92 Å². The Labute approximate surface area is 96.9 Å². The molecule has 4 heteroatoms. The van der Waals surface area contributed by atoms with Crippen LogP contribution in [-0.4, -0.2) is 41.4 Å². The van der Waals surface area contributed by atoms with Gasteiger partial charge in [-0.1, -0.05) is 13.0 Å². The molecule has 1 unspecified atom stereocenters. The summed E-state index contributed by atoms with van der Waals surface area (Å²) in [6, 6.07) is 0. The second-order valence-corrected chi connectivity index (χ2v) is 5.22. The number of rotatable bonds is 1. The molecule has 1 heterocycles. The zero-order valence-corrected chi connectivity index (χ0v) is 10.5. The van der Waals surface area contributed by atoms with Crippen LogP contribution in [0.3, 0.4) is 0 Å². The number of carbonyl (C=O) groups excluding carboxylic acids is 1. The molecule has 0 fully saturated rings. The van der Waals surface area contributed by atoms with E-state index in [0.29, 0.717) is 13.1 Å². The lowest BCUT2D eigenvalue weighted by Crippen LogP contribution is -2.42. The van der Waals surface area contributed by atoms with Crippen molar-refractivity contribution in [2.75, 3.05) is 19.7 Å². The highest BCUT2D eigenvalue weighted by atomic mass is 16.6. The molecule has 0 aromatic carbocycles. The fraction of sp³-hybridized carbons (Fsp3) is 0.750. The Hall–Kier alpha value is -1.03. The SMILES string of the molecule is CC1CN(C(=O)OC(C)(C)C)CC=C1CO. The summed E-state index contributed by atoms with van der Waals surface area (Å²) in [7, 11) is 0. The minimum Gasteiger partial charge on any atom is -0.444 e. The maximum Gasteiger partial charge on any atom is 0.410 e. The summed E-state index contributed by atoms with van der Waals surface area (Å²) in [6.45, 7) is 8.77. The van der Waals surface area contributed by atoms with Crippen LogP contribution >= 0.6 is 0 Å². The molecular formula is C12H21NO3. The monoisotopic (exact) mass is 227 g/mol. The van der Waals surface area contributed by atoms with E-state index >= 15 is 0 Å². The van der Waals surface area contributed by atoms with Crippen LogP contribution in [0.2, 0.25) is 0 Å². The second-order valence-electron chi connectivity index (χ2n) is 5.22. The molecule has 0 aromatic heterocycles. The third kappa shape index (κ3) is 3.52. The normalized spacial score (nSPS) is 21.7. The first kappa shape index (κ1) is 13.0. The first-order chi connectivity index (χ1) is 7.33. The van der Waals surface area contributed by atoms with Crippen molar-refractivity contribution in [1.82, 2.24) is 4.90 Å². The lowest BCUT2D eigenvalue weighted by Gasteiger charge is -2.32. The Morgan fingerprint density at radius 1 is 1.62 bits per heavy atom. The maximum absolute atomic E-state index is 11.8. The molecule has 1 atom stereocenters. The highest BCUT2D eigenvalue weighted by Gasteiger charge is 2.26. The number of aliphatic hydroxyl groups excluding tert-OH is 1. The third-order valence-electron chi connectivity index (χ3n) is 2.54. The van der Waals surface area contributed by atoms with Gasteiger partial charge in [-0.15, -0.1) is 0 Å². The molecule has 0 aromatic rings. The largest absolute Gasteiger partial charge is 0.444 e. The topological polar surface area (TPSA) is 49.8 Å². The fourth-order valence-corrected chi connectivity index (χ4v) is 1.65. The Kier molecular flexibility index (Phi) is 3.97. The van der Waals surface area contributed by atoms with Crippen molar-refractivity contribution >= 4 is 6.09 Å².